The predicted molar refractivity (Wildman–Crippen MR) is 85.5 cm³/mol. The number of nitrogens with zero attached hydrogens (tertiary/aromatic N) is 1. The lowest BCUT2D eigenvalue weighted by molar-refractivity contribution is 0.513. The molecule has 20 heavy (non-hydrogen) atoms. The summed E-state index contributed by atoms with van der Waals surface area (Å²) in [7, 11) is 0. The Kier molecular flexibility index (Phi) is 4.90. The molecule has 2 aromatic rings. The summed E-state index contributed by atoms with van der Waals surface area (Å²) in [6.07, 6.45) is 0. The number of rotatable bonds is 4. The van der Waals surface area contributed by atoms with Gasteiger partial charge in [-0.05, 0) is 29.7 Å². The van der Waals surface area contributed by atoms with Crippen LogP contribution in [0.2, 0.25) is 5.02 Å². The van der Waals surface area contributed by atoms with Crippen molar-refractivity contribution in [3.05, 3.63) is 57.3 Å². The van der Waals surface area contributed by atoms with Crippen molar-refractivity contribution in [2.45, 2.75) is 26.3 Å². The number of pyridine rings is 1. The zero-order chi connectivity index (χ0) is 14.7. The molecule has 0 saturated carbocycles. The molecule has 0 spiro atoms. The fourth-order valence-electron chi connectivity index (χ4n) is 2.14. The molecule has 0 N–H and O–H groups in total. The van der Waals surface area contributed by atoms with Gasteiger partial charge in [-0.2, -0.15) is 0 Å². The Labute approximate surface area is 129 Å². The van der Waals surface area contributed by atoms with Crippen LogP contribution in [0.25, 0.3) is 11.3 Å². The van der Waals surface area contributed by atoms with Gasteiger partial charge >= 0.3 is 0 Å². The van der Waals surface area contributed by atoms with Gasteiger partial charge < -0.3 is 4.57 Å². The molecule has 0 atom stereocenters. The van der Waals surface area contributed by atoms with Crippen LogP contribution in [0.4, 0.5) is 0 Å². The number of aromatic nitrogens is 1. The molecule has 0 fully saturated rings. The molecule has 2 nitrogen and oxygen atoms in total. The lowest BCUT2D eigenvalue weighted by atomic mass is 10.1. The maximum absolute atomic E-state index is 12.4. The molecule has 0 bridgehead atoms. The van der Waals surface area contributed by atoms with Gasteiger partial charge in [-0.25, -0.2) is 0 Å². The van der Waals surface area contributed by atoms with E-state index in [0.29, 0.717) is 23.0 Å². The fraction of sp³-hybridized carbons (Fsp3) is 0.312. The zero-order valence-electron chi connectivity index (χ0n) is 11.6. The van der Waals surface area contributed by atoms with Crippen LogP contribution in [-0.2, 0) is 12.4 Å². The second kappa shape index (κ2) is 6.47. The minimum absolute atomic E-state index is 0.0128. The SMILES string of the molecule is CC(C)Cn1c(-c2ccc(Cl)cc2)ccc(CCl)c1=O. The van der Waals surface area contributed by atoms with Crippen LogP contribution in [0.5, 0.6) is 0 Å². The van der Waals surface area contributed by atoms with Crippen LogP contribution in [0, 0.1) is 5.92 Å². The van der Waals surface area contributed by atoms with E-state index in [4.69, 9.17) is 23.2 Å². The molecule has 4 heteroatoms. The van der Waals surface area contributed by atoms with Crippen molar-refractivity contribution in [2.24, 2.45) is 5.92 Å². The molecule has 1 aromatic carbocycles. The molecule has 0 aliphatic heterocycles. The molecule has 0 amide bonds. The average Bonchev–Trinajstić information content (AvgIpc) is 2.42. The predicted octanol–water partition coefficient (Wildman–Crippen LogP) is 4.56. The summed E-state index contributed by atoms with van der Waals surface area (Å²) < 4.78 is 1.80. The summed E-state index contributed by atoms with van der Waals surface area (Å²) in [5.74, 6) is 0.613. The van der Waals surface area contributed by atoms with Gasteiger partial charge in [0.2, 0.25) is 0 Å². The topological polar surface area (TPSA) is 22.0 Å². The first-order valence-electron chi connectivity index (χ1n) is 6.57. The molecule has 0 radical (unpaired) electrons. The summed E-state index contributed by atoms with van der Waals surface area (Å²) in [6, 6.07) is 11.3. The van der Waals surface area contributed by atoms with Crippen LogP contribution in [-0.4, -0.2) is 4.57 Å². The molecular weight excluding hydrogens is 293 g/mol. The van der Waals surface area contributed by atoms with Gasteiger partial charge in [0.1, 0.15) is 0 Å². The first-order valence-corrected chi connectivity index (χ1v) is 7.48. The van der Waals surface area contributed by atoms with E-state index in [1.54, 1.807) is 10.6 Å². The summed E-state index contributed by atoms with van der Waals surface area (Å²) in [5, 5.41) is 0.684. The average molecular weight is 310 g/mol. The Balaban J connectivity index is 2.60. The number of benzene rings is 1. The Bertz CT molecular complexity index is 645. The smallest absolute Gasteiger partial charge is 0.255 e. The monoisotopic (exact) mass is 309 g/mol. The highest BCUT2D eigenvalue weighted by Crippen LogP contribution is 2.22. The van der Waals surface area contributed by atoms with E-state index in [2.05, 4.69) is 13.8 Å². The third-order valence-electron chi connectivity index (χ3n) is 3.08. The lowest BCUT2D eigenvalue weighted by Crippen LogP contribution is -2.26. The molecule has 1 aromatic heterocycles. The number of hydrogen-bond donors (Lipinski definition) is 0. The van der Waals surface area contributed by atoms with Gasteiger partial charge in [0.25, 0.3) is 5.56 Å². The maximum atomic E-state index is 12.4. The highest BCUT2D eigenvalue weighted by molar-refractivity contribution is 6.30. The van der Waals surface area contributed by atoms with E-state index < -0.39 is 0 Å². The number of alkyl halides is 1. The van der Waals surface area contributed by atoms with Crippen molar-refractivity contribution in [2.75, 3.05) is 0 Å². The molecule has 0 saturated heterocycles. The van der Waals surface area contributed by atoms with Gasteiger partial charge in [-0.1, -0.05) is 43.6 Å². The zero-order valence-corrected chi connectivity index (χ0v) is 13.1. The van der Waals surface area contributed by atoms with Gasteiger partial charge in [-0.3, -0.25) is 4.79 Å². The summed E-state index contributed by atoms with van der Waals surface area (Å²) in [4.78, 5) is 12.4. The first kappa shape index (κ1) is 15.1. The minimum atomic E-state index is -0.0128. The fourth-order valence-corrected chi connectivity index (χ4v) is 2.47. The minimum Gasteiger partial charge on any atom is -0.308 e. The van der Waals surface area contributed by atoms with Crippen molar-refractivity contribution >= 4 is 23.2 Å². The van der Waals surface area contributed by atoms with Crippen molar-refractivity contribution in [3.63, 3.8) is 0 Å². The van der Waals surface area contributed by atoms with Crippen LogP contribution in [0.3, 0.4) is 0 Å². The third kappa shape index (κ3) is 3.25. The van der Waals surface area contributed by atoms with E-state index in [9.17, 15) is 4.79 Å². The third-order valence-corrected chi connectivity index (χ3v) is 3.62. The van der Waals surface area contributed by atoms with Crippen molar-refractivity contribution < 1.29 is 0 Å². The van der Waals surface area contributed by atoms with Crippen LogP contribution >= 0.6 is 23.2 Å². The molecule has 1 heterocycles. The van der Waals surface area contributed by atoms with Crippen LogP contribution < -0.4 is 5.56 Å². The lowest BCUT2D eigenvalue weighted by Gasteiger charge is -2.16. The van der Waals surface area contributed by atoms with Crippen molar-refractivity contribution in [1.29, 1.82) is 0 Å². The van der Waals surface area contributed by atoms with Gasteiger partial charge in [0.15, 0.2) is 0 Å². The van der Waals surface area contributed by atoms with E-state index in [1.165, 1.54) is 0 Å². The Morgan fingerprint density at radius 1 is 1.10 bits per heavy atom. The van der Waals surface area contributed by atoms with E-state index in [-0.39, 0.29) is 11.4 Å². The normalized spacial score (nSPS) is 11.1. The van der Waals surface area contributed by atoms with E-state index in [0.717, 1.165) is 11.3 Å². The van der Waals surface area contributed by atoms with Gasteiger partial charge in [0.05, 0.1) is 11.6 Å². The molecule has 0 aliphatic rings. The molecule has 0 aliphatic carbocycles. The molecule has 2 rings (SSSR count). The Hall–Kier alpha value is -1.25. The summed E-state index contributed by atoms with van der Waals surface area (Å²) in [6.45, 7) is 4.85. The standard InChI is InChI=1S/C16H17Cl2NO/c1-11(2)10-19-15(8-5-13(9-17)16(19)20)12-3-6-14(18)7-4-12/h3-8,11H,9-10H2,1-2H3. The Morgan fingerprint density at radius 2 is 1.75 bits per heavy atom. The van der Waals surface area contributed by atoms with Crippen LogP contribution in [0.15, 0.2) is 41.2 Å². The van der Waals surface area contributed by atoms with Crippen LogP contribution in [0.1, 0.15) is 19.4 Å². The largest absolute Gasteiger partial charge is 0.308 e. The second-order valence-electron chi connectivity index (χ2n) is 5.19. The highest BCUT2D eigenvalue weighted by atomic mass is 35.5. The van der Waals surface area contributed by atoms with E-state index in [1.807, 2.05) is 30.3 Å². The maximum Gasteiger partial charge on any atom is 0.255 e. The first-order chi connectivity index (χ1) is 9.52. The molecular formula is C16H17Cl2NO. The Morgan fingerprint density at radius 3 is 2.30 bits per heavy atom. The summed E-state index contributed by atoms with van der Waals surface area (Å²) >= 11 is 11.7. The molecule has 0 unspecified atom stereocenters. The second-order valence-corrected chi connectivity index (χ2v) is 5.90. The van der Waals surface area contributed by atoms with Gasteiger partial charge in [0, 0.05) is 17.1 Å². The highest BCUT2D eigenvalue weighted by Gasteiger charge is 2.11. The summed E-state index contributed by atoms with van der Waals surface area (Å²) in [5.41, 5.74) is 2.49. The van der Waals surface area contributed by atoms with Crippen molar-refractivity contribution in [1.82, 2.24) is 4.57 Å². The number of halogens is 2. The van der Waals surface area contributed by atoms with E-state index >= 15 is 0 Å². The number of hydrogen-bond acceptors (Lipinski definition) is 1. The van der Waals surface area contributed by atoms with Gasteiger partial charge in [-0.15, -0.1) is 11.6 Å². The quantitative estimate of drug-likeness (QED) is 0.759. The van der Waals surface area contributed by atoms with Crippen molar-refractivity contribution in [3.8, 4) is 11.3 Å². The molecule has 106 valence electrons.